The molecule has 1 aliphatic rings. The van der Waals surface area contributed by atoms with Crippen LogP contribution >= 0.6 is 23.2 Å². The van der Waals surface area contributed by atoms with Crippen LogP contribution in [0.3, 0.4) is 0 Å². The van der Waals surface area contributed by atoms with Crippen molar-refractivity contribution in [2.45, 2.75) is 32.1 Å². The molecule has 1 aliphatic carbocycles. The number of carbonyl (C=O) groups excluding carboxylic acids is 2. The summed E-state index contributed by atoms with van der Waals surface area (Å²) < 4.78 is 0. The number of carbonyl (C=O) groups is 2. The minimum Gasteiger partial charge on any atom is -0.411 e. The fourth-order valence-corrected chi connectivity index (χ4v) is 0.898. The molecule has 0 saturated heterocycles. The van der Waals surface area contributed by atoms with Gasteiger partial charge < -0.3 is 10.4 Å². The van der Waals surface area contributed by atoms with E-state index in [4.69, 9.17) is 33.6 Å². The SMILES string of the molecule is C/C(Cl)=N/O.C/C=N\O.O=C1CCC(=O)C1Cl. The lowest BCUT2D eigenvalue weighted by Crippen LogP contribution is -2.12. The van der Waals surface area contributed by atoms with Crippen LogP contribution in [-0.2, 0) is 9.59 Å². The molecule has 0 bridgehead atoms. The minimum absolute atomic E-state index is 0.128. The molecule has 0 aromatic heterocycles. The first kappa shape index (κ1) is 18.2. The number of hydrogen-bond donors (Lipinski definition) is 2. The van der Waals surface area contributed by atoms with Gasteiger partial charge in [0.25, 0.3) is 0 Å². The van der Waals surface area contributed by atoms with Crippen LogP contribution in [-0.4, -0.2) is 38.7 Å². The molecule has 8 heteroatoms. The molecular weight excluding hydrogens is 271 g/mol. The Hall–Kier alpha value is -1.14. The molecule has 6 nitrogen and oxygen atoms in total. The topological polar surface area (TPSA) is 99.3 Å². The van der Waals surface area contributed by atoms with E-state index in [9.17, 15) is 9.59 Å². The van der Waals surface area contributed by atoms with Crippen molar-refractivity contribution in [1.82, 2.24) is 0 Å². The van der Waals surface area contributed by atoms with Crippen molar-refractivity contribution < 1.29 is 20.0 Å². The predicted octanol–water partition coefficient (Wildman–Crippen LogP) is 2.02. The van der Waals surface area contributed by atoms with Gasteiger partial charge in [-0.05, 0) is 13.8 Å². The highest BCUT2D eigenvalue weighted by atomic mass is 35.5. The van der Waals surface area contributed by atoms with Gasteiger partial charge in [0.1, 0.15) is 5.17 Å². The summed E-state index contributed by atoms with van der Waals surface area (Å²) in [6.45, 7) is 3.13. The van der Waals surface area contributed by atoms with Crippen LogP contribution < -0.4 is 0 Å². The number of halogens is 2. The van der Waals surface area contributed by atoms with Gasteiger partial charge in [-0.1, -0.05) is 16.8 Å². The molecule has 1 fully saturated rings. The largest absolute Gasteiger partial charge is 0.411 e. The van der Waals surface area contributed by atoms with Crippen LogP contribution in [0.25, 0.3) is 0 Å². The number of rotatable bonds is 0. The quantitative estimate of drug-likeness (QED) is 0.234. The van der Waals surface area contributed by atoms with Gasteiger partial charge in [-0.2, -0.15) is 0 Å². The van der Waals surface area contributed by atoms with E-state index in [2.05, 4.69) is 10.3 Å². The molecule has 0 aliphatic heterocycles. The Labute approximate surface area is 109 Å². The van der Waals surface area contributed by atoms with Gasteiger partial charge in [0, 0.05) is 19.1 Å². The van der Waals surface area contributed by atoms with Gasteiger partial charge in [0.15, 0.2) is 16.9 Å². The van der Waals surface area contributed by atoms with E-state index >= 15 is 0 Å². The van der Waals surface area contributed by atoms with Crippen molar-refractivity contribution in [2.75, 3.05) is 0 Å². The van der Waals surface area contributed by atoms with Gasteiger partial charge >= 0.3 is 0 Å². The Morgan fingerprint density at radius 2 is 1.65 bits per heavy atom. The molecule has 0 heterocycles. The van der Waals surface area contributed by atoms with Crippen molar-refractivity contribution in [3.05, 3.63) is 0 Å². The van der Waals surface area contributed by atoms with Crippen LogP contribution in [0.15, 0.2) is 10.3 Å². The smallest absolute Gasteiger partial charge is 0.158 e. The number of Topliss-reactive ketones (excluding diaryl/α,β-unsaturated/α-hetero) is 2. The zero-order valence-electron chi connectivity index (χ0n) is 9.43. The fourth-order valence-electron chi connectivity index (χ4n) is 0.679. The Balaban J connectivity index is 0. The average molecular weight is 285 g/mol. The summed E-state index contributed by atoms with van der Waals surface area (Å²) >= 11 is 10.3. The normalized spacial score (nSPS) is 16.4. The number of hydrogen-bond acceptors (Lipinski definition) is 6. The van der Waals surface area contributed by atoms with Crippen molar-refractivity contribution in [3.8, 4) is 0 Å². The van der Waals surface area contributed by atoms with Gasteiger partial charge in [-0.15, -0.1) is 16.8 Å². The zero-order valence-corrected chi connectivity index (χ0v) is 10.9. The van der Waals surface area contributed by atoms with Gasteiger partial charge in [0.05, 0.1) is 0 Å². The first-order valence-electron chi connectivity index (χ1n) is 4.56. The van der Waals surface area contributed by atoms with Crippen molar-refractivity contribution in [2.24, 2.45) is 10.3 Å². The van der Waals surface area contributed by atoms with Crippen molar-refractivity contribution >= 4 is 46.2 Å². The number of alkyl halides is 1. The van der Waals surface area contributed by atoms with Gasteiger partial charge in [0.2, 0.25) is 0 Å². The molecule has 0 unspecified atom stereocenters. The number of ketones is 2. The standard InChI is InChI=1S/C5H5ClO2.C2H4ClNO.C2H5NO/c6-5-3(7)1-2-4(5)8;1-2(3)4-5;1-2-3-4/h5H,1-2H2;5H,1H3;2,4H,1H3/b;4-2-;3-2-. The lowest BCUT2D eigenvalue weighted by atomic mass is 10.3. The molecule has 17 heavy (non-hydrogen) atoms. The zero-order chi connectivity index (χ0) is 13.8. The van der Waals surface area contributed by atoms with Crippen LogP contribution in [0, 0.1) is 0 Å². The maximum atomic E-state index is 10.4. The van der Waals surface area contributed by atoms with E-state index in [-0.39, 0.29) is 16.7 Å². The second kappa shape index (κ2) is 11.3. The maximum absolute atomic E-state index is 10.4. The third-order valence-corrected chi connectivity index (χ3v) is 2.00. The summed E-state index contributed by atoms with van der Waals surface area (Å²) in [5.74, 6) is -0.256. The molecule has 0 aromatic rings. The predicted molar refractivity (Wildman–Crippen MR) is 65.6 cm³/mol. The van der Waals surface area contributed by atoms with Gasteiger partial charge in [-0.25, -0.2) is 0 Å². The monoisotopic (exact) mass is 284 g/mol. The summed E-state index contributed by atoms with van der Waals surface area (Å²) in [7, 11) is 0. The molecule has 0 radical (unpaired) electrons. The van der Waals surface area contributed by atoms with Crippen molar-refractivity contribution in [3.63, 3.8) is 0 Å². The highest BCUT2D eigenvalue weighted by molar-refractivity contribution is 6.64. The van der Waals surface area contributed by atoms with Crippen molar-refractivity contribution in [1.29, 1.82) is 0 Å². The third kappa shape index (κ3) is 11.1. The summed E-state index contributed by atoms with van der Waals surface area (Å²) in [6.07, 6.45) is 1.99. The van der Waals surface area contributed by atoms with E-state index in [1.54, 1.807) is 6.92 Å². The van der Waals surface area contributed by atoms with E-state index < -0.39 is 5.38 Å². The molecule has 0 atom stereocenters. The average Bonchev–Trinajstić information content (AvgIpc) is 2.61. The van der Waals surface area contributed by atoms with Crippen LogP contribution in [0.4, 0.5) is 0 Å². The summed E-state index contributed by atoms with van der Waals surface area (Å²) in [6, 6.07) is 0. The Bertz CT molecular complexity index is 281. The molecule has 1 rings (SSSR count). The maximum Gasteiger partial charge on any atom is 0.158 e. The second-order valence-corrected chi connectivity index (χ2v) is 3.75. The van der Waals surface area contributed by atoms with Crippen LogP contribution in [0.2, 0.25) is 0 Å². The molecular formula is C9H14Cl2N2O4. The Morgan fingerprint density at radius 3 is 1.71 bits per heavy atom. The van der Waals surface area contributed by atoms with E-state index in [0.29, 0.717) is 12.8 Å². The Morgan fingerprint density at radius 1 is 1.35 bits per heavy atom. The minimum atomic E-state index is -0.824. The molecule has 0 amide bonds. The molecule has 1 saturated carbocycles. The van der Waals surface area contributed by atoms with Gasteiger partial charge in [-0.3, -0.25) is 9.59 Å². The molecule has 0 spiro atoms. The summed E-state index contributed by atoms with van der Waals surface area (Å²) in [5.41, 5.74) is 0. The fraction of sp³-hybridized carbons (Fsp3) is 0.556. The molecule has 0 aromatic carbocycles. The number of nitrogens with zero attached hydrogens (tertiary/aromatic N) is 2. The van der Waals surface area contributed by atoms with E-state index in [1.807, 2.05) is 0 Å². The van der Waals surface area contributed by atoms with E-state index in [0.717, 1.165) is 0 Å². The highest BCUT2D eigenvalue weighted by Gasteiger charge is 2.30. The van der Waals surface area contributed by atoms with Crippen LogP contribution in [0.5, 0.6) is 0 Å². The number of oxime groups is 2. The summed E-state index contributed by atoms with van der Waals surface area (Å²) in [4.78, 5) is 20.9. The first-order chi connectivity index (χ1) is 7.90. The lowest BCUT2D eigenvalue weighted by molar-refractivity contribution is -0.121. The van der Waals surface area contributed by atoms with E-state index in [1.165, 1.54) is 13.1 Å². The summed E-state index contributed by atoms with van der Waals surface area (Å²) in [5, 5.41) is 19.6. The Kier molecular flexibility index (Phi) is 12.2. The highest BCUT2D eigenvalue weighted by Crippen LogP contribution is 2.15. The third-order valence-electron chi connectivity index (χ3n) is 1.44. The van der Waals surface area contributed by atoms with Crippen LogP contribution in [0.1, 0.15) is 26.7 Å². The molecule has 2 N–H and O–H groups in total. The second-order valence-electron chi connectivity index (χ2n) is 2.77. The molecule has 98 valence electrons. The lowest BCUT2D eigenvalue weighted by Gasteiger charge is -1.87. The first-order valence-corrected chi connectivity index (χ1v) is 5.37.